The number of anilines is 1. The third-order valence-electron chi connectivity index (χ3n) is 3.71. The first-order chi connectivity index (χ1) is 11.3. The maximum atomic E-state index is 12.3. The number of phenols is 1. The molecule has 3 rings (SSSR count). The van der Waals surface area contributed by atoms with Gasteiger partial charge in [-0.05, 0) is 55.7 Å². The zero-order chi connectivity index (χ0) is 17.3. The fraction of sp³-hybridized carbons (Fsp3) is 0.235. The van der Waals surface area contributed by atoms with Gasteiger partial charge in [0, 0.05) is 11.6 Å². The van der Waals surface area contributed by atoms with Gasteiger partial charge in [-0.1, -0.05) is 12.1 Å². The van der Waals surface area contributed by atoms with Crippen LogP contribution in [0.4, 0.5) is 5.69 Å². The third-order valence-corrected chi connectivity index (χ3v) is 5.23. The molecule has 0 bridgehead atoms. The van der Waals surface area contributed by atoms with Crippen LogP contribution in [0.15, 0.2) is 47.4 Å². The quantitative estimate of drug-likeness (QED) is 0.725. The summed E-state index contributed by atoms with van der Waals surface area (Å²) in [5, 5.41) is 12.4. The molecular formula is C17H18N2O4S. The van der Waals surface area contributed by atoms with Gasteiger partial charge < -0.3 is 10.4 Å². The molecule has 7 heteroatoms. The van der Waals surface area contributed by atoms with Crippen LogP contribution in [0.25, 0.3) is 0 Å². The number of hydrogen-bond acceptors (Lipinski definition) is 4. The number of benzene rings is 2. The lowest BCUT2D eigenvalue weighted by atomic mass is 10.2. The van der Waals surface area contributed by atoms with Crippen molar-refractivity contribution in [2.75, 3.05) is 5.32 Å². The predicted molar refractivity (Wildman–Crippen MR) is 90.6 cm³/mol. The molecule has 1 aliphatic rings. The Bertz CT molecular complexity index is 889. The number of nitrogens with one attached hydrogen (secondary N) is 2. The molecule has 0 saturated heterocycles. The van der Waals surface area contributed by atoms with Crippen LogP contribution in [0.3, 0.4) is 0 Å². The van der Waals surface area contributed by atoms with Gasteiger partial charge in [-0.15, -0.1) is 0 Å². The number of hydrogen-bond donors (Lipinski definition) is 3. The number of rotatable bonds is 5. The van der Waals surface area contributed by atoms with E-state index in [9.17, 15) is 18.3 Å². The molecule has 6 nitrogen and oxygen atoms in total. The number of amides is 1. The minimum Gasteiger partial charge on any atom is -0.506 e. The smallest absolute Gasteiger partial charge is 0.255 e. The molecule has 0 aliphatic heterocycles. The first kappa shape index (κ1) is 16.5. The van der Waals surface area contributed by atoms with Crippen molar-refractivity contribution >= 4 is 21.6 Å². The summed E-state index contributed by atoms with van der Waals surface area (Å²) in [5.41, 5.74) is 1.34. The summed E-state index contributed by atoms with van der Waals surface area (Å²) in [6.07, 6.45) is 1.68. The lowest BCUT2D eigenvalue weighted by Gasteiger charge is -2.10. The van der Waals surface area contributed by atoms with Gasteiger partial charge >= 0.3 is 0 Å². The fourth-order valence-electron chi connectivity index (χ4n) is 2.23. The van der Waals surface area contributed by atoms with E-state index in [0.717, 1.165) is 18.4 Å². The van der Waals surface area contributed by atoms with Crippen molar-refractivity contribution in [1.82, 2.24) is 4.72 Å². The van der Waals surface area contributed by atoms with Crippen molar-refractivity contribution in [2.45, 2.75) is 30.7 Å². The average Bonchev–Trinajstić information content (AvgIpc) is 3.33. The van der Waals surface area contributed by atoms with E-state index in [-0.39, 0.29) is 27.9 Å². The van der Waals surface area contributed by atoms with E-state index in [1.54, 1.807) is 12.1 Å². The van der Waals surface area contributed by atoms with Crippen LogP contribution in [0.5, 0.6) is 5.75 Å². The van der Waals surface area contributed by atoms with E-state index in [1.165, 1.54) is 30.3 Å². The lowest BCUT2D eigenvalue weighted by Crippen LogP contribution is -2.26. The van der Waals surface area contributed by atoms with Crippen LogP contribution in [0.1, 0.15) is 28.8 Å². The highest BCUT2D eigenvalue weighted by molar-refractivity contribution is 7.89. The van der Waals surface area contributed by atoms with Crippen LogP contribution in [-0.4, -0.2) is 25.5 Å². The SMILES string of the molecule is Cc1ccc(NC(=O)c2cccc(S(=O)(=O)NC3CC3)c2)c(O)c1. The molecule has 0 unspecified atom stereocenters. The number of aromatic hydroxyl groups is 1. The van der Waals surface area contributed by atoms with Gasteiger partial charge in [0.1, 0.15) is 5.75 Å². The van der Waals surface area contributed by atoms with E-state index >= 15 is 0 Å². The maximum Gasteiger partial charge on any atom is 0.255 e. The summed E-state index contributed by atoms with van der Waals surface area (Å²) in [5.74, 6) is -0.528. The van der Waals surface area contributed by atoms with Gasteiger partial charge in [0.2, 0.25) is 10.0 Å². The van der Waals surface area contributed by atoms with E-state index < -0.39 is 15.9 Å². The first-order valence-electron chi connectivity index (χ1n) is 7.58. The number of aryl methyl sites for hydroxylation is 1. The normalized spacial score (nSPS) is 14.4. The molecule has 1 fully saturated rings. The predicted octanol–water partition coefficient (Wildman–Crippen LogP) is 2.39. The monoisotopic (exact) mass is 346 g/mol. The summed E-state index contributed by atoms with van der Waals surface area (Å²) >= 11 is 0. The Morgan fingerprint density at radius 2 is 1.92 bits per heavy atom. The molecule has 3 N–H and O–H groups in total. The molecule has 0 heterocycles. The zero-order valence-electron chi connectivity index (χ0n) is 13.1. The summed E-state index contributed by atoms with van der Waals surface area (Å²) in [7, 11) is -3.62. The second-order valence-corrected chi connectivity index (χ2v) is 7.61. The topological polar surface area (TPSA) is 95.5 Å². The molecule has 0 spiro atoms. The average molecular weight is 346 g/mol. The Kier molecular flexibility index (Phi) is 4.29. The highest BCUT2D eigenvalue weighted by Gasteiger charge is 2.28. The van der Waals surface area contributed by atoms with Crippen molar-refractivity contribution in [2.24, 2.45) is 0 Å². The van der Waals surface area contributed by atoms with Gasteiger partial charge in [-0.2, -0.15) is 0 Å². The van der Waals surface area contributed by atoms with Gasteiger partial charge in [0.05, 0.1) is 10.6 Å². The molecule has 0 atom stereocenters. The molecule has 1 amide bonds. The summed E-state index contributed by atoms with van der Waals surface area (Å²) < 4.78 is 27.0. The molecule has 126 valence electrons. The Morgan fingerprint density at radius 3 is 2.58 bits per heavy atom. The van der Waals surface area contributed by atoms with Gasteiger partial charge in [0.15, 0.2) is 0 Å². The van der Waals surface area contributed by atoms with Crippen molar-refractivity contribution in [1.29, 1.82) is 0 Å². The van der Waals surface area contributed by atoms with Crippen molar-refractivity contribution < 1.29 is 18.3 Å². The highest BCUT2D eigenvalue weighted by Crippen LogP contribution is 2.25. The Morgan fingerprint density at radius 1 is 1.17 bits per heavy atom. The van der Waals surface area contributed by atoms with E-state index in [4.69, 9.17) is 0 Å². The second-order valence-electron chi connectivity index (χ2n) is 5.90. The Labute approximate surface area is 140 Å². The van der Waals surface area contributed by atoms with Gasteiger partial charge in [-0.25, -0.2) is 13.1 Å². The fourth-order valence-corrected chi connectivity index (χ4v) is 3.59. The van der Waals surface area contributed by atoms with Crippen LogP contribution in [0, 0.1) is 6.92 Å². The van der Waals surface area contributed by atoms with E-state index in [2.05, 4.69) is 10.0 Å². The minimum atomic E-state index is -3.62. The minimum absolute atomic E-state index is 0.00279. The summed E-state index contributed by atoms with van der Waals surface area (Å²) in [6.45, 7) is 1.83. The van der Waals surface area contributed by atoms with Crippen molar-refractivity contribution in [3.63, 3.8) is 0 Å². The molecule has 0 radical (unpaired) electrons. The molecule has 1 aliphatic carbocycles. The largest absolute Gasteiger partial charge is 0.506 e. The molecule has 1 saturated carbocycles. The Hall–Kier alpha value is -2.38. The lowest BCUT2D eigenvalue weighted by molar-refractivity contribution is 0.102. The number of carbonyl (C=O) groups is 1. The van der Waals surface area contributed by atoms with E-state index in [1.807, 2.05) is 6.92 Å². The Balaban J connectivity index is 1.81. The molecular weight excluding hydrogens is 328 g/mol. The van der Waals surface area contributed by atoms with Crippen molar-refractivity contribution in [3.05, 3.63) is 53.6 Å². The standard InChI is InChI=1S/C17H18N2O4S/c1-11-5-8-15(16(20)9-11)18-17(21)12-3-2-4-14(10-12)24(22,23)19-13-6-7-13/h2-5,8-10,13,19-20H,6-7H2,1H3,(H,18,21). The van der Waals surface area contributed by atoms with Crippen LogP contribution in [0.2, 0.25) is 0 Å². The van der Waals surface area contributed by atoms with Crippen LogP contribution >= 0.6 is 0 Å². The highest BCUT2D eigenvalue weighted by atomic mass is 32.2. The molecule has 24 heavy (non-hydrogen) atoms. The summed E-state index contributed by atoms with van der Waals surface area (Å²) in [6, 6.07) is 10.7. The van der Waals surface area contributed by atoms with E-state index in [0.29, 0.717) is 0 Å². The van der Waals surface area contributed by atoms with Gasteiger partial charge in [-0.3, -0.25) is 4.79 Å². The number of phenolic OH excluding ortho intramolecular Hbond substituents is 1. The van der Waals surface area contributed by atoms with Crippen LogP contribution < -0.4 is 10.0 Å². The second kappa shape index (κ2) is 6.26. The van der Waals surface area contributed by atoms with Crippen LogP contribution in [-0.2, 0) is 10.0 Å². The number of carbonyl (C=O) groups excluding carboxylic acids is 1. The number of sulfonamides is 1. The van der Waals surface area contributed by atoms with Gasteiger partial charge in [0.25, 0.3) is 5.91 Å². The zero-order valence-corrected chi connectivity index (χ0v) is 13.9. The molecule has 2 aromatic rings. The molecule has 0 aromatic heterocycles. The maximum absolute atomic E-state index is 12.3. The first-order valence-corrected chi connectivity index (χ1v) is 9.07. The van der Waals surface area contributed by atoms with Crippen molar-refractivity contribution in [3.8, 4) is 5.75 Å². The summed E-state index contributed by atoms with van der Waals surface area (Å²) in [4.78, 5) is 12.4. The molecule has 2 aromatic carbocycles. The third kappa shape index (κ3) is 3.74.